The van der Waals surface area contributed by atoms with Crippen LogP contribution in [0.4, 0.5) is 5.69 Å². The highest BCUT2D eigenvalue weighted by molar-refractivity contribution is 5.94. The van der Waals surface area contributed by atoms with Crippen molar-refractivity contribution in [2.45, 2.75) is 13.3 Å². The number of amides is 1. The Kier molecular flexibility index (Phi) is 4.78. The Morgan fingerprint density at radius 1 is 1.53 bits per heavy atom. The molecule has 0 bridgehead atoms. The van der Waals surface area contributed by atoms with E-state index in [4.69, 9.17) is 0 Å². The predicted octanol–water partition coefficient (Wildman–Crippen LogP) is 1.67. The molecule has 4 nitrogen and oxygen atoms in total. The molecule has 5 heteroatoms. The number of phenolic OH excluding ortho intramolecular Hbond substituents is 1. The number of hydrogen-bond donors (Lipinski definition) is 3. The van der Waals surface area contributed by atoms with Gasteiger partial charge in [0.25, 0.3) is 0 Å². The van der Waals surface area contributed by atoms with Crippen molar-refractivity contribution in [3.05, 3.63) is 23.8 Å². The summed E-state index contributed by atoms with van der Waals surface area (Å²) in [4.78, 5) is 11.8. The third kappa shape index (κ3) is 3.35. The molecular formula is C12H17ClN2O2. The van der Waals surface area contributed by atoms with Gasteiger partial charge in [-0.25, -0.2) is 0 Å². The van der Waals surface area contributed by atoms with Crippen LogP contribution in [0.5, 0.6) is 5.75 Å². The molecular weight excluding hydrogens is 240 g/mol. The Labute approximate surface area is 107 Å². The summed E-state index contributed by atoms with van der Waals surface area (Å²) in [7, 11) is 0. The summed E-state index contributed by atoms with van der Waals surface area (Å²) < 4.78 is 0. The van der Waals surface area contributed by atoms with Crippen LogP contribution >= 0.6 is 12.4 Å². The summed E-state index contributed by atoms with van der Waals surface area (Å²) >= 11 is 0. The summed E-state index contributed by atoms with van der Waals surface area (Å²) in [5.41, 5.74) is 1.51. The number of halogens is 1. The number of hydrogen-bond acceptors (Lipinski definition) is 3. The Morgan fingerprint density at radius 2 is 2.29 bits per heavy atom. The minimum absolute atomic E-state index is 0. The highest BCUT2D eigenvalue weighted by Gasteiger charge is 2.22. The van der Waals surface area contributed by atoms with Crippen LogP contribution in [0, 0.1) is 12.8 Å². The van der Waals surface area contributed by atoms with Crippen molar-refractivity contribution >= 4 is 24.0 Å². The fraction of sp³-hybridized carbons (Fsp3) is 0.417. The first kappa shape index (κ1) is 13.8. The maximum absolute atomic E-state index is 11.8. The second kappa shape index (κ2) is 5.89. The molecule has 1 aliphatic rings. The zero-order valence-electron chi connectivity index (χ0n) is 9.69. The standard InChI is InChI=1S/C12H16N2O2.ClH/c1-8-2-3-11(15)10(6-8)14-12(16)9-4-5-13-7-9;/h2-3,6,9,13,15H,4-5,7H2,1H3,(H,14,16);1H. The lowest BCUT2D eigenvalue weighted by Gasteiger charge is -2.11. The molecule has 1 unspecified atom stereocenters. The van der Waals surface area contributed by atoms with Gasteiger partial charge in [-0.1, -0.05) is 6.07 Å². The first-order valence-electron chi connectivity index (χ1n) is 5.48. The molecule has 2 rings (SSSR count). The average Bonchev–Trinajstić information content (AvgIpc) is 2.76. The van der Waals surface area contributed by atoms with Gasteiger partial charge in [0, 0.05) is 6.54 Å². The summed E-state index contributed by atoms with van der Waals surface area (Å²) in [5, 5.41) is 15.5. The number of carbonyl (C=O) groups excluding carboxylic acids is 1. The molecule has 0 saturated carbocycles. The lowest BCUT2D eigenvalue weighted by atomic mass is 10.1. The van der Waals surface area contributed by atoms with E-state index >= 15 is 0 Å². The van der Waals surface area contributed by atoms with Gasteiger partial charge in [-0.05, 0) is 37.6 Å². The molecule has 1 amide bonds. The fourth-order valence-corrected chi connectivity index (χ4v) is 1.86. The summed E-state index contributed by atoms with van der Waals surface area (Å²) in [6, 6.07) is 5.18. The molecule has 1 aliphatic heterocycles. The lowest BCUT2D eigenvalue weighted by Crippen LogP contribution is -2.24. The third-order valence-corrected chi connectivity index (χ3v) is 2.84. The maximum Gasteiger partial charge on any atom is 0.228 e. The smallest absolute Gasteiger partial charge is 0.228 e. The molecule has 1 aromatic rings. The second-order valence-electron chi connectivity index (χ2n) is 4.20. The number of benzene rings is 1. The van der Waals surface area contributed by atoms with Crippen LogP contribution < -0.4 is 10.6 Å². The lowest BCUT2D eigenvalue weighted by molar-refractivity contribution is -0.119. The largest absolute Gasteiger partial charge is 0.506 e. The van der Waals surface area contributed by atoms with Gasteiger partial charge in [-0.3, -0.25) is 4.79 Å². The van der Waals surface area contributed by atoms with E-state index < -0.39 is 0 Å². The Balaban J connectivity index is 0.00000144. The van der Waals surface area contributed by atoms with Gasteiger partial charge in [0.2, 0.25) is 5.91 Å². The third-order valence-electron chi connectivity index (χ3n) is 2.84. The van der Waals surface area contributed by atoms with Crippen LogP contribution in [0.2, 0.25) is 0 Å². The highest BCUT2D eigenvalue weighted by atomic mass is 35.5. The van der Waals surface area contributed by atoms with Gasteiger partial charge in [-0.15, -0.1) is 12.4 Å². The summed E-state index contributed by atoms with van der Waals surface area (Å²) in [5.74, 6) is 0.107. The van der Waals surface area contributed by atoms with Gasteiger partial charge in [-0.2, -0.15) is 0 Å². The van der Waals surface area contributed by atoms with Crippen LogP contribution in [-0.4, -0.2) is 24.1 Å². The van der Waals surface area contributed by atoms with Gasteiger partial charge in [0.1, 0.15) is 5.75 Å². The van der Waals surface area contributed by atoms with Crippen molar-refractivity contribution in [3.8, 4) is 5.75 Å². The van der Waals surface area contributed by atoms with Crippen LogP contribution in [0.25, 0.3) is 0 Å². The molecule has 3 N–H and O–H groups in total. The first-order chi connectivity index (χ1) is 7.66. The van der Waals surface area contributed by atoms with E-state index in [1.165, 1.54) is 0 Å². The normalized spacial score (nSPS) is 18.5. The molecule has 0 aliphatic carbocycles. The zero-order valence-corrected chi connectivity index (χ0v) is 10.5. The molecule has 1 saturated heterocycles. The van der Waals surface area contributed by atoms with Gasteiger partial charge in [0.05, 0.1) is 11.6 Å². The Morgan fingerprint density at radius 3 is 2.94 bits per heavy atom. The van der Waals surface area contributed by atoms with E-state index in [0.717, 1.165) is 25.1 Å². The highest BCUT2D eigenvalue weighted by Crippen LogP contribution is 2.24. The Bertz CT molecular complexity index is 403. The van der Waals surface area contributed by atoms with E-state index in [1.54, 1.807) is 12.1 Å². The monoisotopic (exact) mass is 256 g/mol. The molecule has 1 atom stereocenters. The molecule has 17 heavy (non-hydrogen) atoms. The van der Waals surface area contributed by atoms with Crippen LogP contribution in [0.3, 0.4) is 0 Å². The van der Waals surface area contributed by atoms with E-state index in [1.807, 2.05) is 13.0 Å². The summed E-state index contributed by atoms with van der Waals surface area (Å²) in [6.45, 7) is 3.53. The van der Waals surface area contributed by atoms with Crippen molar-refractivity contribution in [1.29, 1.82) is 0 Å². The molecule has 1 aromatic carbocycles. The maximum atomic E-state index is 11.8. The van der Waals surface area contributed by atoms with Crippen molar-refractivity contribution in [1.82, 2.24) is 5.32 Å². The Hall–Kier alpha value is -1.26. The SMILES string of the molecule is Cc1ccc(O)c(NC(=O)C2CCNC2)c1.Cl. The summed E-state index contributed by atoms with van der Waals surface area (Å²) in [6.07, 6.45) is 0.860. The van der Waals surface area contributed by atoms with Gasteiger partial charge < -0.3 is 15.7 Å². The molecule has 1 heterocycles. The number of aromatic hydroxyl groups is 1. The first-order valence-corrected chi connectivity index (χ1v) is 5.48. The fourth-order valence-electron chi connectivity index (χ4n) is 1.86. The van der Waals surface area contributed by atoms with Crippen molar-refractivity contribution < 1.29 is 9.90 Å². The average molecular weight is 257 g/mol. The zero-order chi connectivity index (χ0) is 11.5. The van der Waals surface area contributed by atoms with Crippen LogP contribution in [-0.2, 0) is 4.79 Å². The number of phenols is 1. The quantitative estimate of drug-likeness (QED) is 0.706. The van der Waals surface area contributed by atoms with Crippen molar-refractivity contribution in [2.75, 3.05) is 18.4 Å². The molecule has 0 radical (unpaired) electrons. The minimum Gasteiger partial charge on any atom is -0.506 e. The number of anilines is 1. The number of carbonyl (C=O) groups is 1. The van der Waals surface area contributed by atoms with Gasteiger partial charge in [0.15, 0.2) is 0 Å². The number of nitrogens with one attached hydrogen (secondary N) is 2. The van der Waals surface area contributed by atoms with E-state index in [9.17, 15) is 9.90 Å². The number of rotatable bonds is 2. The van der Waals surface area contributed by atoms with E-state index in [2.05, 4.69) is 10.6 Å². The second-order valence-corrected chi connectivity index (χ2v) is 4.20. The van der Waals surface area contributed by atoms with Gasteiger partial charge >= 0.3 is 0 Å². The minimum atomic E-state index is -0.0223. The van der Waals surface area contributed by atoms with Crippen LogP contribution in [0.15, 0.2) is 18.2 Å². The van der Waals surface area contributed by atoms with Crippen molar-refractivity contribution in [3.63, 3.8) is 0 Å². The topological polar surface area (TPSA) is 61.4 Å². The molecule has 94 valence electrons. The van der Waals surface area contributed by atoms with Crippen LogP contribution in [0.1, 0.15) is 12.0 Å². The molecule has 0 aromatic heterocycles. The van der Waals surface area contributed by atoms with Crippen molar-refractivity contribution in [2.24, 2.45) is 5.92 Å². The number of aryl methyl sites for hydroxylation is 1. The predicted molar refractivity (Wildman–Crippen MR) is 69.7 cm³/mol. The van der Waals surface area contributed by atoms with E-state index in [0.29, 0.717) is 5.69 Å². The molecule has 1 fully saturated rings. The molecule has 0 spiro atoms. The van der Waals surface area contributed by atoms with E-state index in [-0.39, 0.29) is 30.0 Å².